The Labute approximate surface area is 199 Å². The predicted molar refractivity (Wildman–Crippen MR) is 137 cm³/mol. The van der Waals surface area contributed by atoms with Crippen LogP contribution in [0.25, 0.3) is 5.69 Å². The van der Waals surface area contributed by atoms with Gasteiger partial charge in [0.1, 0.15) is 0 Å². The van der Waals surface area contributed by atoms with E-state index in [0.29, 0.717) is 12.6 Å². The number of para-hydroxylation sites is 1. The molecule has 1 aliphatic heterocycles. The summed E-state index contributed by atoms with van der Waals surface area (Å²) in [5.74, 6) is 0.853. The lowest BCUT2D eigenvalue weighted by Gasteiger charge is -2.33. The van der Waals surface area contributed by atoms with Gasteiger partial charge in [-0.05, 0) is 55.0 Å². The lowest BCUT2D eigenvalue weighted by Crippen LogP contribution is -2.48. The Kier molecular flexibility index (Phi) is 8.15. The number of hydrogen-bond acceptors (Lipinski definition) is 4. The highest BCUT2D eigenvalue weighted by Crippen LogP contribution is 2.24. The first-order valence-corrected chi connectivity index (χ1v) is 11.0. The molecular formula is C22H29IN6S. The van der Waals surface area contributed by atoms with Crippen molar-refractivity contribution in [3.8, 4) is 5.69 Å². The minimum absolute atomic E-state index is 0. The van der Waals surface area contributed by atoms with E-state index < -0.39 is 0 Å². The zero-order valence-corrected chi connectivity index (χ0v) is 20.6. The average Bonchev–Trinajstić information content (AvgIpc) is 3.44. The molecule has 2 N–H and O–H groups in total. The topological polar surface area (TPSA) is 57.5 Å². The van der Waals surface area contributed by atoms with E-state index in [1.807, 2.05) is 48.3 Å². The zero-order valence-electron chi connectivity index (χ0n) is 17.4. The van der Waals surface area contributed by atoms with E-state index in [4.69, 9.17) is 0 Å². The van der Waals surface area contributed by atoms with E-state index in [0.717, 1.165) is 43.3 Å². The van der Waals surface area contributed by atoms with Gasteiger partial charge in [0.15, 0.2) is 5.96 Å². The number of piperidine rings is 1. The summed E-state index contributed by atoms with van der Waals surface area (Å²) < 4.78 is 1.93. The maximum atomic E-state index is 4.55. The highest BCUT2D eigenvalue weighted by molar-refractivity contribution is 14.0. The largest absolute Gasteiger partial charge is 0.363 e. The summed E-state index contributed by atoms with van der Waals surface area (Å²) in [6.07, 6.45) is 4.23. The number of guanidine groups is 1. The highest BCUT2D eigenvalue weighted by atomic mass is 127. The molecule has 3 aromatic rings. The first-order valence-electron chi connectivity index (χ1n) is 10.1. The van der Waals surface area contributed by atoms with E-state index in [2.05, 4.69) is 61.3 Å². The fraction of sp³-hybridized carbons (Fsp3) is 0.364. The molecule has 0 radical (unpaired) electrons. The van der Waals surface area contributed by atoms with Crippen molar-refractivity contribution in [2.45, 2.75) is 32.4 Å². The van der Waals surface area contributed by atoms with Gasteiger partial charge in [-0.3, -0.25) is 4.99 Å². The van der Waals surface area contributed by atoms with Crippen LogP contribution < -0.4 is 15.5 Å². The third kappa shape index (κ3) is 5.54. The number of anilines is 1. The second-order valence-corrected chi connectivity index (χ2v) is 8.24. The molecule has 8 heteroatoms. The summed E-state index contributed by atoms with van der Waals surface area (Å²) in [5.41, 5.74) is 3.29. The minimum Gasteiger partial charge on any atom is -0.363 e. The maximum absolute atomic E-state index is 4.55. The molecule has 1 aliphatic rings. The van der Waals surface area contributed by atoms with Gasteiger partial charge < -0.3 is 15.5 Å². The Balaban J connectivity index is 0.00000256. The minimum atomic E-state index is 0. The quantitative estimate of drug-likeness (QED) is 0.292. The zero-order chi connectivity index (χ0) is 20.1. The Morgan fingerprint density at radius 2 is 1.97 bits per heavy atom. The molecule has 4 rings (SSSR count). The number of nitrogens with zero attached hydrogens (tertiary/aromatic N) is 4. The summed E-state index contributed by atoms with van der Waals surface area (Å²) in [6.45, 7) is 4.86. The van der Waals surface area contributed by atoms with E-state index in [-0.39, 0.29) is 24.0 Å². The summed E-state index contributed by atoms with van der Waals surface area (Å²) in [4.78, 5) is 6.91. The van der Waals surface area contributed by atoms with Gasteiger partial charge in [-0.15, -0.1) is 35.3 Å². The van der Waals surface area contributed by atoms with Gasteiger partial charge in [0.25, 0.3) is 0 Å². The number of hydrogen-bond donors (Lipinski definition) is 2. The number of thiophene rings is 1. The van der Waals surface area contributed by atoms with Crippen molar-refractivity contribution in [3.05, 3.63) is 65.3 Å². The lowest BCUT2D eigenvalue weighted by atomic mass is 10.1. The summed E-state index contributed by atoms with van der Waals surface area (Å²) in [7, 11) is 1.83. The second kappa shape index (κ2) is 10.8. The number of nitrogens with one attached hydrogen (secondary N) is 2. The van der Waals surface area contributed by atoms with Crippen molar-refractivity contribution in [3.63, 3.8) is 0 Å². The molecular weight excluding hydrogens is 507 g/mol. The second-order valence-electron chi connectivity index (χ2n) is 7.31. The van der Waals surface area contributed by atoms with Crippen LogP contribution in [0.5, 0.6) is 0 Å². The van der Waals surface area contributed by atoms with Gasteiger partial charge in [-0.1, -0.05) is 18.2 Å². The van der Waals surface area contributed by atoms with E-state index in [1.165, 1.54) is 10.6 Å². The van der Waals surface area contributed by atoms with Crippen LogP contribution in [0, 0.1) is 6.92 Å². The number of halogens is 1. The standard InChI is InChI=1S/C22H28N6S.HI/c1-17-9-14-28(26-17)20-7-4-3-6-18(20)16-24-22(23-2)25-19-10-12-27(13-11-19)21-8-5-15-29-21;/h3-9,14-15,19H,10-13,16H2,1-2H3,(H2,23,24,25);1H. The van der Waals surface area contributed by atoms with Gasteiger partial charge in [-0.25, -0.2) is 4.68 Å². The molecule has 6 nitrogen and oxygen atoms in total. The Hall–Kier alpha value is -2.07. The van der Waals surface area contributed by atoms with Gasteiger partial charge in [-0.2, -0.15) is 5.10 Å². The summed E-state index contributed by atoms with van der Waals surface area (Å²) in [5, 5.41) is 15.1. The third-order valence-electron chi connectivity index (χ3n) is 5.28. The van der Waals surface area contributed by atoms with Crippen LogP contribution >= 0.6 is 35.3 Å². The fourth-order valence-electron chi connectivity index (χ4n) is 3.69. The molecule has 1 saturated heterocycles. The summed E-state index contributed by atoms with van der Waals surface area (Å²) in [6, 6.07) is 15.1. The maximum Gasteiger partial charge on any atom is 0.191 e. The van der Waals surface area contributed by atoms with Gasteiger partial charge in [0.2, 0.25) is 0 Å². The molecule has 3 heterocycles. The van der Waals surface area contributed by atoms with Crippen molar-refractivity contribution in [1.29, 1.82) is 0 Å². The molecule has 0 aliphatic carbocycles. The Bertz CT molecular complexity index is 944. The monoisotopic (exact) mass is 536 g/mol. The number of aromatic nitrogens is 2. The smallest absolute Gasteiger partial charge is 0.191 e. The van der Waals surface area contributed by atoms with Crippen LogP contribution in [0.15, 0.2) is 59.0 Å². The molecule has 160 valence electrons. The molecule has 0 atom stereocenters. The normalized spacial score (nSPS) is 15.0. The van der Waals surface area contributed by atoms with E-state index in [1.54, 1.807) is 0 Å². The first-order chi connectivity index (χ1) is 14.2. The predicted octanol–water partition coefficient (Wildman–Crippen LogP) is 4.19. The van der Waals surface area contributed by atoms with Crippen molar-refractivity contribution in [1.82, 2.24) is 20.4 Å². The lowest BCUT2D eigenvalue weighted by molar-refractivity contribution is 0.462. The molecule has 2 aromatic heterocycles. The van der Waals surface area contributed by atoms with Crippen LogP contribution in [0.3, 0.4) is 0 Å². The SMILES string of the molecule is CN=C(NCc1ccccc1-n1ccc(C)n1)NC1CCN(c2cccs2)CC1.I. The van der Waals surface area contributed by atoms with Gasteiger partial charge in [0, 0.05) is 38.9 Å². The van der Waals surface area contributed by atoms with Crippen LogP contribution in [-0.2, 0) is 6.54 Å². The van der Waals surface area contributed by atoms with Gasteiger partial charge >= 0.3 is 0 Å². The summed E-state index contributed by atoms with van der Waals surface area (Å²) >= 11 is 1.82. The Morgan fingerprint density at radius 1 is 1.17 bits per heavy atom. The van der Waals surface area contributed by atoms with Crippen LogP contribution in [0.4, 0.5) is 5.00 Å². The van der Waals surface area contributed by atoms with Crippen molar-refractivity contribution < 1.29 is 0 Å². The number of aryl methyl sites for hydroxylation is 1. The molecule has 1 fully saturated rings. The van der Waals surface area contributed by atoms with Crippen molar-refractivity contribution >= 4 is 46.3 Å². The van der Waals surface area contributed by atoms with E-state index in [9.17, 15) is 0 Å². The molecule has 0 unspecified atom stereocenters. The highest BCUT2D eigenvalue weighted by Gasteiger charge is 2.20. The molecule has 1 aromatic carbocycles. The molecule has 0 saturated carbocycles. The average molecular weight is 536 g/mol. The fourth-order valence-corrected chi connectivity index (χ4v) is 4.48. The molecule has 0 amide bonds. The van der Waals surface area contributed by atoms with Crippen molar-refractivity contribution in [2.24, 2.45) is 4.99 Å². The van der Waals surface area contributed by atoms with E-state index >= 15 is 0 Å². The number of aliphatic imine (C=N–C) groups is 1. The first kappa shape index (κ1) is 22.6. The van der Waals surface area contributed by atoms with Crippen LogP contribution in [0.1, 0.15) is 24.1 Å². The molecule has 0 bridgehead atoms. The molecule has 30 heavy (non-hydrogen) atoms. The number of benzene rings is 1. The van der Waals surface area contributed by atoms with Crippen molar-refractivity contribution in [2.75, 3.05) is 25.0 Å². The van der Waals surface area contributed by atoms with Gasteiger partial charge in [0.05, 0.1) is 16.4 Å². The molecule has 0 spiro atoms. The number of rotatable bonds is 5. The Morgan fingerprint density at radius 3 is 2.63 bits per heavy atom. The van der Waals surface area contributed by atoms with Crippen LogP contribution in [0.2, 0.25) is 0 Å². The van der Waals surface area contributed by atoms with Crippen LogP contribution in [-0.4, -0.2) is 41.9 Å². The third-order valence-corrected chi connectivity index (χ3v) is 6.21.